The molecule has 0 aliphatic carbocycles. The van der Waals surface area contributed by atoms with Crippen LogP contribution in [0.5, 0.6) is 11.5 Å². The van der Waals surface area contributed by atoms with Gasteiger partial charge in [0.15, 0.2) is 0 Å². The highest BCUT2D eigenvalue weighted by atomic mass is 16.5. The lowest BCUT2D eigenvalue weighted by molar-refractivity contribution is 0.122. The summed E-state index contributed by atoms with van der Waals surface area (Å²) in [5.41, 5.74) is 10.8. The molecule has 1 aliphatic heterocycles. The molecule has 4 aromatic rings. The number of anilines is 1. The molecule has 5 rings (SSSR count). The smallest absolute Gasteiger partial charge is 0.144 e. The van der Waals surface area contributed by atoms with Crippen LogP contribution in [0.25, 0.3) is 16.8 Å². The fourth-order valence-electron chi connectivity index (χ4n) is 4.10. The predicted molar refractivity (Wildman–Crippen MR) is 125 cm³/mol. The summed E-state index contributed by atoms with van der Waals surface area (Å²) >= 11 is 0. The highest BCUT2D eigenvalue weighted by Gasteiger charge is 2.17. The highest BCUT2D eigenvalue weighted by Crippen LogP contribution is 2.37. The van der Waals surface area contributed by atoms with E-state index in [2.05, 4.69) is 20.9 Å². The summed E-state index contributed by atoms with van der Waals surface area (Å²) < 4.78 is 13.8. The number of hydrogen-bond donors (Lipinski definition) is 1. The first-order chi connectivity index (χ1) is 16.2. The Labute approximate surface area is 191 Å². The van der Waals surface area contributed by atoms with Crippen molar-refractivity contribution in [2.75, 3.05) is 31.2 Å². The molecule has 8 nitrogen and oxygen atoms in total. The molecule has 0 amide bonds. The van der Waals surface area contributed by atoms with Gasteiger partial charge in [-0.3, -0.25) is 0 Å². The van der Waals surface area contributed by atoms with Gasteiger partial charge in [0.2, 0.25) is 0 Å². The molecule has 33 heavy (non-hydrogen) atoms. The second-order valence-corrected chi connectivity index (χ2v) is 7.89. The minimum Gasteiger partial charge on any atom is -0.456 e. The average molecular weight is 441 g/mol. The van der Waals surface area contributed by atoms with Gasteiger partial charge in [0.05, 0.1) is 24.8 Å². The topological polar surface area (TPSA) is 102 Å². The van der Waals surface area contributed by atoms with Gasteiger partial charge in [-0.1, -0.05) is 0 Å². The van der Waals surface area contributed by atoms with E-state index in [1.807, 2.05) is 47.9 Å². The van der Waals surface area contributed by atoms with E-state index in [1.165, 1.54) is 0 Å². The first-order valence-electron chi connectivity index (χ1n) is 10.8. The van der Waals surface area contributed by atoms with Crippen molar-refractivity contribution in [3.8, 4) is 28.7 Å². The summed E-state index contributed by atoms with van der Waals surface area (Å²) in [6.07, 6.45) is 3.65. The Morgan fingerprint density at radius 1 is 1.12 bits per heavy atom. The van der Waals surface area contributed by atoms with E-state index < -0.39 is 0 Å². The maximum absolute atomic E-state index is 9.49. The van der Waals surface area contributed by atoms with Gasteiger partial charge in [0, 0.05) is 66.7 Å². The van der Waals surface area contributed by atoms with Crippen LogP contribution < -0.4 is 15.4 Å². The van der Waals surface area contributed by atoms with Crippen LogP contribution in [0, 0.1) is 18.3 Å². The van der Waals surface area contributed by atoms with Gasteiger partial charge in [0.25, 0.3) is 0 Å². The molecule has 1 fully saturated rings. The zero-order valence-electron chi connectivity index (χ0n) is 18.4. The molecule has 1 aromatic carbocycles. The van der Waals surface area contributed by atoms with Crippen LogP contribution in [-0.4, -0.2) is 40.7 Å². The number of nitrogens with zero attached hydrogens (tertiary/aromatic N) is 5. The number of nitrogens with two attached hydrogens (primary N) is 1. The Kier molecular flexibility index (Phi) is 5.65. The standard InChI is InChI=1S/C25H24N6O2/c1-17-12-20(14-24(29-17)30-8-10-32-11-9-30)33-23-13-18(15-26)2-4-21(23)22-5-3-19(16-27)31-7-6-28-25(22)31/h2-7,12-14H,8-11,16,27H2,1H3. The number of nitriles is 1. The molecule has 1 aliphatic rings. The number of aromatic nitrogens is 3. The number of rotatable bonds is 5. The number of aryl methyl sites for hydroxylation is 1. The molecule has 0 radical (unpaired) electrons. The quantitative estimate of drug-likeness (QED) is 0.505. The molecule has 4 heterocycles. The van der Waals surface area contributed by atoms with E-state index in [0.717, 1.165) is 47.1 Å². The molecular weight excluding hydrogens is 416 g/mol. The number of fused-ring (bicyclic) bond motifs is 1. The Hall–Kier alpha value is -3.93. The van der Waals surface area contributed by atoms with Crippen molar-refractivity contribution < 1.29 is 9.47 Å². The van der Waals surface area contributed by atoms with Crippen molar-refractivity contribution in [3.63, 3.8) is 0 Å². The molecule has 0 unspecified atom stereocenters. The number of benzene rings is 1. The second-order valence-electron chi connectivity index (χ2n) is 7.89. The second kappa shape index (κ2) is 8.90. The van der Waals surface area contributed by atoms with E-state index >= 15 is 0 Å². The summed E-state index contributed by atoms with van der Waals surface area (Å²) in [7, 11) is 0. The molecule has 0 saturated carbocycles. The van der Waals surface area contributed by atoms with Crippen LogP contribution in [0.15, 0.2) is 54.9 Å². The third kappa shape index (κ3) is 4.12. The Morgan fingerprint density at radius 3 is 2.73 bits per heavy atom. The Bertz CT molecular complexity index is 1350. The van der Waals surface area contributed by atoms with Crippen molar-refractivity contribution in [1.82, 2.24) is 14.4 Å². The fourth-order valence-corrected chi connectivity index (χ4v) is 4.10. The molecule has 1 saturated heterocycles. The first kappa shape index (κ1) is 20.9. The zero-order chi connectivity index (χ0) is 22.8. The van der Waals surface area contributed by atoms with Gasteiger partial charge >= 0.3 is 0 Å². The summed E-state index contributed by atoms with van der Waals surface area (Å²) in [4.78, 5) is 11.4. The van der Waals surface area contributed by atoms with Gasteiger partial charge in [-0.15, -0.1) is 0 Å². The van der Waals surface area contributed by atoms with E-state index in [-0.39, 0.29) is 0 Å². The molecule has 0 atom stereocenters. The van der Waals surface area contributed by atoms with Crippen LogP contribution in [-0.2, 0) is 11.3 Å². The zero-order valence-corrected chi connectivity index (χ0v) is 18.4. The molecule has 0 spiro atoms. The number of hydrogen-bond acceptors (Lipinski definition) is 7. The lowest BCUT2D eigenvalue weighted by Crippen LogP contribution is -2.36. The third-order valence-corrected chi connectivity index (χ3v) is 5.72. The van der Waals surface area contributed by atoms with Crippen molar-refractivity contribution in [1.29, 1.82) is 5.26 Å². The highest BCUT2D eigenvalue weighted by molar-refractivity contribution is 5.82. The van der Waals surface area contributed by atoms with E-state index in [1.54, 1.807) is 18.3 Å². The van der Waals surface area contributed by atoms with Crippen LogP contribution in [0.3, 0.4) is 0 Å². The summed E-state index contributed by atoms with van der Waals surface area (Å²) in [6, 6.07) is 15.5. The van der Waals surface area contributed by atoms with Gasteiger partial charge < -0.3 is 24.5 Å². The fraction of sp³-hybridized carbons (Fsp3) is 0.240. The number of ether oxygens (including phenoxy) is 2. The average Bonchev–Trinajstić information content (AvgIpc) is 3.34. The van der Waals surface area contributed by atoms with Crippen LogP contribution >= 0.6 is 0 Å². The van der Waals surface area contributed by atoms with Gasteiger partial charge in [-0.25, -0.2) is 9.97 Å². The van der Waals surface area contributed by atoms with E-state index in [0.29, 0.717) is 36.8 Å². The minimum atomic E-state index is 0.407. The summed E-state index contributed by atoms with van der Waals surface area (Å²) in [5.74, 6) is 2.10. The van der Waals surface area contributed by atoms with E-state index in [4.69, 9.17) is 15.2 Å². The third-order valence-electron chi connectivity index (χ3n) is 5.72. The molecular formula is C25H24N6O2. The molecule has 0 bridgehead atoms. The molecule has 3 aromatic heterocycles. The van der Waals surface area contributed by atoms with Gasteiger partial charge in [-0.2, -0.15) is 5.26 Å². The number of morpholine rings is 1. The maximum atomic E-state index is 9.49. The Morgan fingerprint density at radius 2 is 1.94 bits per heavy atom. The molecule has 166 valence electrons. The van der Waals surface area contributed by atoms with Gasteiger partial charge in [-0.05, 0) is 37.3 Å². The summed E-state index contributed by atoms with van der Waals surface area (Å²) in [6.45, 7) is 5.29. The summed E-state index contributed by atoms with van der Waals surface area (Å²) in [5, 5.41) is 9.49. The largest absolute Gasteiger partial charge is 0.456 e. The number of pyridine rings is 2. The van der Waals surface area contributed by atoms with Crippen molar-refractivity contribution in [2.24, 2.45) is 5.73 Å². The molecule has 8 heteroatoms. The van der Waals surface area contributed by atoms with Crippen molar-refractivity contribution >= 4 is 11.5 Å². The minimum absolute atomic E-state index is 0.407. The lowest BCUT2D eigenvalue weighted by Gasteiger charge is -2.28. The van der Waals surface area contributed by atoms with Gasteiger partial charge in [0.1, 0.15) is 23.0 Å². The first-order valence-corrected chi connectivity index (χ1v) is 10.8. The predicted octanol–water partition coefficient (Wildman–Crippen LogP) is 3.66. The van der Waals surface area contributed by atoms with Crippen LogP contribution in [0.1, 0.15) is 17.0 Å². The van der Waals surface area contributed by atoms with Crippen molar-refractivity contribution in [2.45, 2.75) is 13.5 Å². The maximum Gasteiger partial charge on any atom is 0.144 e. The SMILES string of the molecule is Cc1cc(Oc2cc(C#N)ccc2-c2ccc(CN)n3ccnc23)cc(N2CCOCC2)n1. The Balaban J connectivity index is 1.58. The lowest BCUT2D eigenvalue weighted by atomic mass is 10.0. The monoisotopic (exact) mass is 440 g/mol. The van der Waals surface area contributed by atoms with Crippen molar-refractivity contribution in [3.05, 3.63) is 71.8 Å². The van der Waals surface area contributed by atoms with E-state index in [9.17, 15) is 5.26 Å². The molecule has 2 N–H and O–H groups in total. The normalized spacial score (nSPS) is 13.8. The van der Waals surface area contributed by atoms with Crippen LogP contribution in [0.4, 0.5) is 5.82 Å². The number of imidazole rings is 1. The van der Waals surface area contributed by atoms with Crippen LogP contribution in [0.2, 0.25) is 0 Å².